The predicted octanol–water partition coefficient (Wildman–Crippen LogP) is 0.996. The van der Waals surface area contributed by atoms with Crippen LogP contribution in [0.3, 0.4) is 0 Å². The van der Waals surface area contributed by atoms with Gasteiger partial charge in [-0.3, -0.25) is 9.59 Å². The highest BCUT2D eigenvalue weighted by Gasteiger charge is 2.75. The van der Waals surface area contributed by atoms with E-state index < -0.39 is 16.9 Å². The minimum Gasteiger partial charge on any atom is -0.466 e. The maximum absolute atomic E-state index is 13.1. The number of epoxide rings is 1. The number of ether oxygens (including phenoxy) is 2. The number of carbonyl (C=O) groups excluding carboxylic acids is 2. The monoisotopic (exact) mass is 292 g/mol. The van der Waals surface area contributed by atoms with E-state index in [2.05, 4.69) is 0 Å². The van der Waals surface area contributed by atoms with E-state index in [0.717, 1.165) is 24.8 Å². The second kappa shape index (κ2) is 4.17. The second-order valence-corrected chi connectivity index (χ2v) is 6.59. The Bertz CT molecular complexity index is 559. The summed E-state index contributed by atoms with van der Waals surface area (Å²) in [6, 6.07) is 0. The van der Waals surface area contributed by atoms with E-state index in [0.29, 0.717) is 19.6 Å². The molecule has 5 nitrogen and oxygen atoms in total. The van der Waals surface area contributed by atoms with Crippen LogP contribution >= 0.6 is 0 Å². The van der Waals surface area contributed by atoms with Gasteiger partial charge in [-0.2, -0.15) is 0 Å². The molecule has 4 aliphatic carbocycles. The summed E-state index contributed by atoms with van der Waals surface area (Å²) in [5.74, 6) is -0.955. The highest BCUT2D eigenvalue weighted by molar-refractivity contribution is 6.04. The summed E-state index contributed by atoms with van der Waals surface area (Å²) < 4.78 is 10.7. The number of fused-ring (bicyclic) bond motifs is 1. The number of aliphatic hydroxyl groups is 1. The van der Waals surface area contributed by atoms with Gasteiger partial charge < -0.3 is 14.6 Å². The van der Waals surface area contributed by atoms with Crippen LogP contribution < -0.4 is 0 Å². The molecule has 2 fully saturated rings. The highest BCUT2D eigenvalue weighted by atomic mass is 16.6. The van der Waals surface area contributed by atoms with E-state index >= 15 is 0 Å². The minimum atomic E-state index is -1.08. The molecule has 1 heterocycles. The average Bonchev–Trinajstić information content (AvgIpc) is 3.10. The molecule has 21 heavy (non-hydrogen) atoms. The van der Waals surface area contributed by atoms with Crippen LogP contribution in [0.25, 0.3) is 0 Å². The van der Waals surface area contributed by atoms with Gasteiger partial charge in [0.15, 0.2) is 11.4 Å². The van der Waals surface area contributed by atoms with Gasteiger partial charge in [-0.1, -0.05) is 11.1 Å². The van der Waals surface area contributed by atoms with Crippen molar-refractivity contribution in [1.82, 2.24) is 0 Å². The van der Waals surface area contributed by atoms with Crippen LogP contribution in [0.5, 0.6) is 0 Å². The maximum Gasteiger partial charge on any atom is 0.310 e. The fourth-order valence-corrected chi connectivity index (χ4v) is 4.98. The lowest BCUT2D eigenvalue weighted by Gasteiger charge is -2.52. The molecule has 114 valence electrons. The van der Waals surface area contributed by atoms with E-state index in [1.54, 1.807) is 6.92 Å². The molecule has 5 rings (SSSR count). The lowest BCUT2D eigenvalue weighted by Crippen LogP contribution is -2.63. The number of Topliss-reactive ketones (excluding diaryl/α,β-unsaturated/α-hetero) is 1. The highest BCUT2D eigenvalue weighted by Crippen LogP contribution is 2.66. The second-order valence-electron chi connectivity index (χ2n) is 6.59. The molecular formula is C16H20O5. The van der Waals surface area contributed by atoms with Crippen LogP contribution in [0.4, 0.5) is 0 Å². The van der Waals surface area contributed by atoms with Crippen molar-refractivity contribution in [2.45, 2.75) is 38.2 Å². The maximum atomic E-state index is 13.1. The van der Waals surface area contributed by atoms with E-state index in [9.17, 15) is 14.7 Å². The van der Waals surface area contributed by atoms with Crippen molar-refractivity contribution >= 4 is 11.8 Å². The van der Waals surface area contributed by atoms with Gasteiger partial charge in [-0.25, -0.2) is 0 Å². The number of esters is 1. The normalized spacial score (nSPS) is 43.4. The van der Waals surface area contributed by atoms with Gasteiger partial charge >= 0.3 is 5.97 Å². The summed E-state index contributed by atoms with van der Waals surface area (Å²) in [7, 11) is 0. The predicted molar refractivity (Wildman–Crippen MR) is 72.3 cm³/mol. The van der Waals surface area contributed by atoms with Crippen molar-refractivity contribution in [2.24, 2.45) is 17.3 Å². The molecule has 2 bridgehead atoms. The molecule has 0 amide bonds. The first-order valence-electron chi connectivity index (χ1n) is 7.80. The number of hydrogen-bond donors (Lipinski definition) is 1. The summed E-state index contributed by atoms with van der Waals surface area (Å²) >= 11 is 0. The summed E-state index contributed by atoms with van der Waals surface area (Å²) in [6.45, 7) is 2.18. The molecule has 0 aromatic rings. The molecule has 0 aromatic carbocycles. The molecular weight excluding hydrogens is 272 g/mol. The fourth-order valence-electron chi connectivity index (χ4n) is 4.98. The molecule has 0 unspecified atom stereocenters. The van der Waals surface area contributed by atoms with E-state index in [4.69, 9.17) is 9.47 Å². The Hall–Kier alpha value is -1.20. The minimum absolute atomic E-state index is 0.0188. The lowest BCUT2D eigenvalue weighted by molar-refractivity contribution is -0.167. The third-order valence-electron chi connectivity index (χ3n) is 5.91. The van der Waals surface area contributed by atoms with Crippen LogP contribution in [0.1, 0.15) is 32.6 Å². The van der Waals surface area contributed by atoms with Crippen molar-refractivity contribution in [3.05, 3.63) is 11.1 Å². The SMILES string of the molecule is CCOC(=O)[C@@H]1C[C@@H]2C3=C(CCC3)[C@@]1(CO)C(=O)[C@@]21CO1. The molecule has 0 aromatic heterocycles. The molecule has 1 aliphatic heterocycles. The van der Waals surface area contributed by atoms with Crippen molar-refractivity contribution < 1.29 is 24.2 Å². The molecule has 5 heteroatoms. The molecule has 4 atom stereocenters. The van der Waals surface area contributed by atoms with E-state index in [1.165, 1.54) is 5.57 Å². The summed E-state index contributed by atoms with van der Waals surface area (Å²) in [6.07, 6.45) is 3.35. The van der Waals surface area contributed by atoms with Gasteiger partial charge in [0, 0.05) is 5.92 Å². The van der Waals surface area contributed by atoms with Gasteiger partial charge in [0.05, 0.1) is 31.2 Å². The smallest absolute Gasteiger partial charge is 0.310 e. The van der Waals surface area contributed by atoms with Gasteiger partial charge in [0.25, 0.3) is 0 Å². The molecule has 1 saturated carbocycles. The molecule has 1 spiro atoms. The number of aliphatic hydroxyl groups excluding tert-OH is 1. The van der Waals surface area contributed by atoms with Crippen LogP contribution in [0.2, 0.25) is 0 Å². The van der Waals surface area contributed by atoms with Crippen LogP contribution in [0, 0.1) is 17.3 Å². The first kappa shape index (κ1) is 13.5. The number of rotatable bonds is 3. The van der Waals surface area contributed by atoms with Gasteiger partial charge in [-0.15, -0.1) is 0 Å². The topological polar surface area (TPSA) is 76.1 Å². The zero-order chi connectivity index (χ0) is 14.8. The zero-order valence-electron chi connectivity index (χ0n) is 12.2. The molecule has 1 N–H and O–H groups in total. The zero-order valence-corrected chi connectivity index (χ0v) is 12.2. The standard InChI is InChI=1S/C16H20O5/c1-2-20-13(18)12-6-11-9-4-3-5-10(9)15(12,7-17)14(19)16(11)8-21-16/h11-12,17H,2-8H2,1H3/t11-,12+,15-,16-/m1/s1. The Morgan fingerprint density at radius 2 is 2.24 bits per heavy atom. The van der Waals surface area contributed by atoms with Gasteiger partial charge in [0.1, 0.15) is 0 Å². The average molecular weight is 292 g/mol. The van der Waals surface area contributed by atoms with E-state index in [-0.39, 0.29) is 24.3 Å². The van der Waals surface area contributed by atoms with Crippen molar-refractivity contribution in [3.8, 4) is 0 Å². The van der Waals surface area contributed by atoms with Gasteiger partial charge in [-0.05, 0) is 32.6 Å². The Morgan fingerprint density at radius 1 is 1.48 bits per heavy atom. The largest absolute Gasteiger partial charge is 0.466 e. The van der Waals surface area contributed by atoms with Crippen LogP contribution in [0.15, 0.2) is 11.1 Å². The number of hydrogen-bond acceptors (Lipinski definition) is 5. The van der Waals surface area contributed by atoms with Crippen LogP contribution in [-0.2, 0) is 19.1 Å². The first-order chi connectivity index (χ1) is 10.1. The molecule has 5 aliphatic rings. The Kier molecular flexibility index (Phi) is 2.67. The fraction of sp³-hybridized carbons (Fsp3) is 0.750. The Balaban J connectivity index is 1.86. The van der Waals surface area contributed by atoms with Gasteiger partial charge in [0.2, 0.25) is 0 Å². The Morgan fingerprint density at radius 3 is 2.86 bits per heavy atom. The van der Waals surface area contributed by atoms with Crippen LogP contribution in [-0.4, -0.2) is 42.3 Å². The summed E-state index contributed by atoms with van der Waals surface area (Å²) in [5.41, 5.74) is 0.477. The summed E-state index contributed by atoms with van der Waals surface area (Å²) in [4.78, 5) is 25.4. The summed E-state index contributed by atoms with van der Waals surface area (Å²) in [5, 5.41) is 10.1. The first-order valence-corrected chi connectivity index (χ1v) is 7.80. The Labute approximate surface area is 123 Å². The number of ketones is 1. The number of carbonyl (C=O) groups is 2. The van der Waals surface area contributed by atoms with Crippen molar-refractivity contribution in [2.75, 3.05) is 19.8 Å². The third-order valence-corrected chi connectivity index (χ3v) is 5.91. The third kappa shape index (κ3) is 1.39. The molecule has 1 saturated heterocycles. The lowest BCUT2D eigenvalue weighted by atomic mass is 9.49. The quantitative estimate of drug-likeness (QED) is 0.477. The molecule has 0 radical (unpaired) electrons. The van der Waals surface area contributed by atoms with Crippen molar-refractivity contribution in [1.29, 1.82) is 0 Å². The van der Waals surface area contributed by atoms with E-state index in [1.807, 2.05) is 0 Å². The van der Waals surface area contributed by atoms with Crippen molar-refractivity contribution in [3.63, 3.8) is 0 Å².